The lowest BCUT2D eigenvalue weighted by atomic mass is 9.66. The van der Waals surface area contributed by atoms with Gasteiger partial charge in [-0.15, -0.1) is 0 Å². The summed E-state index contributed by atoms with van der Waals surface area (Å²) in [6, 6.07) is 0. The fourth-order valence-electron chi connectivity index (χ4n) is 1.92. The van der Waals surface area contributed by atoms with Gasteiger partial charge in [0.1, 0.15) is 0 Å². The molecule has 0 nitrogen and oxygen atoms in total. The molecule has 0 radical (unpaired) electrons. The van der Waals surface area contributed by atoms with Crippen LogP contribution in [-0.2, 0) is 0 Å². The Balaban J connectivity index is 3.72. The number of hydrogen-bond acceptors (Lipinski definition) is 0. The van der Waals surface area contributed by atoms with E-state index < -0.39 is 0 Å². The summed E-state index contributed by atoms with van der Waals surface area (Å²) < 4.78 is 0. The topological polar surface area (TPSA) is 0 Å². The normalized spacial score (nSPS) is 15.4. The lowest BCUT2D eigenvalue weighted by Crippen LogP contribution is -2.29. The van der Waals surface area contributed by atoms with Gasteiger partial charge in [0, 0.05) is 0 Å². The van der Waals surface area contributed by atoms with Crippen molar-refractivity contribution < 1.29 is 0 Å². The van der Waals surface area contributed by atoms with E-state index in [4.69, 9.17) is 0 Å². The van der Waals surface area contributed by atoms with Crippen LogP contribution in [0.4, 0.5) is 0 Å². The van der Waals surface area contributed by atoms with Crippen molar-refractivity contribution in [2.24, 2.45) is 22.7 Å². The molecular formula is C17H36. The summed E-state index contributed by atoms with van der Waals surface area (Å²) in [7, 11) is 0. The quantitative estimate of drug-likeness (QED) is 0.458. The van der Waals surface area contributed by atoms with Crippen molar-refractivity contribution in [1.82, 2.24) is 0 Å². The first-order valence-electron chi connectivity index (χ1n) is 7.58. The smallest absolute Gasteiger partial charge is 0.0306 e. The van der Waals surface area contributed by atoms with E-state index in [1.165, 1.54) is 32.1 Å². The lowest BCUT2D eigenvalue weighted by Gasteiger charge is -2.39. The van der Waals surface area contributed by atoms with Gasteiger partial charge in [0.15, 0.2) is 0 Å². The van der Waals surface area contributed by atoms with E-state index in [9.17, 15) is 0 Å². The highest BCUT2D eigenvalue weighted by Gasteiger charge is 2.31. The molecule has 17 heavy (non-hydrogen) atoms. The molecule has 1 atom stereocenters. The average Bonchev–Trinajstić information content (AvgIpc) is 2.14. The van der Waals surface area contributed by atoms with Crippen LogP contribution in [0.1, 0.15) is 87.5 Å². The Bertz CT molecular complexity index is 193. The van der Waals surface area contributed by atoms with E-state index in [1.807, 2.05) is 0 Å². The Hall–Kier alpha value is 0. The first-order chi connectivity index (χ1) is 7.58. The van der Waals surface area contributed by atoms with Crippen LogP contribution in [-0.4, -0.2) is 0 Å². The van der Waals surface area contributed by atoms with Crippen LogP contribution in [0.3, 0.4) is 0 Å². The van der Waals surface area contributed by atoms with Crippen LogP contribution in [0.15, 0.2) is 0 Å². The SMILES string of the molecule is CC(C)C(C)CCCCCC(C)(C)C(C)(C)C. The number of unbranched alkanes of at least 4 members (excludes halogenated alkanes) is 2. The molecule has 0 aliphatic carbocycles. The molecule has 0 aromatic rings. The summed E-state index contributed by atoms with van der Waals surface area (Å²) in [5.41, 5.74) is 0.898. The van der Waals surface area contributed by atoms with Crippen LogP contribution in [0, 0.1) is 22.7 Å². The van der Waals surface area contributed by atoms with Crippen molar-refractivity contribution in [3.63, 3.8) is 0 Å². The Labute approximate surface area is 111 Å². The Morgan fingerprint density at radius 1 is 0.765 bits per heavy atom. The van der Waals surface area contributed by atoms with Gasteiger partial charge in [0.25, 0.3) is 0 Å². The molecule has 0 rings (SSSR count). The van der Waals surface area contributed by atoms with E-state index in [0.717, 1.165) is 11.8 Å². The van der Waals surface area contributed by atoms with Crippen molar-refractivity contribution in [2.45, 2.75) is 87.5 Å². The monoisotopic (exact) mass is 240 g/mol. The molecule has 1 unspecified atom stereocenters. The van der Waals surface area contributed by atoms with E-state index in [0.29, 0.717) is 10.8 Å². The second-order valence-electron chi connectivity index (χ2n) is 7.95. The highest BCUT2D eigenvalue weighted by molar-refractivity contribution is 4.82. The Morgan fingerprint density at radius 2 is 1.29 bits per heavy atom. The van der Waals surface area contributed by atoms with Crippen LogP contribution in [0.25, 0.3) is 0 Å². The van der Waals surface area contributed by atoms with Gasteiger partial charge >= 0.3 is 0 Å². The second-order valence-corrected chi connectivity index (χ2v) is 7.95. The van der Waals surface area contributed by atoms with Crippen molar-refractivity contribution >= 4 is 0 Å². The lowest BCUT2D eigenvalue weighted by molar-refractivity contribution is 0.115. The van der Waals surface area contributed by atoms with Crippen LogP contribution < -0.4 is 0 Å². The van der Waals surface area contributed by atoms with Crippen LogP contribution in [0.2, 0.25) is 0 Å². The maximum Gasteiger partial charge on any atom is -0.0306 e. The first-order valence-corrected chi connectivity index (χ1v) is 7.58. The summed E-state index contributed by atoms with van der Waals surface area (Å²) in [5.74, 6) is 1.74. The largest absolute Gasteiger partial charge is 0.0625 e. The minimum atomic E-state index is 0.429. The van der Waals surface area contributed by atoms with E-state index >= 15 is 0 Å². The predicted octanol–water partition coefficient (Wildman–Crippen LogP) is 6.30. The van der Waals surface area contributed by atoms with Gasteiger partial charge < -0.3 is 0 Å². The fraction of sp³-hybridized carbons (Fsp3) is 1.00. The van der Waals surface area contributed by atoms with Gasteiger partial charge in [-0.25, -0.2) is 0 Å². The van der Waals surface area contributed by atoms with Crippen molar-refractivity contribution in [3.8, 4) is 0 Å². The highest BCUT2D eigenvalue weighted by atomic mass is 14.4. The standard InChI is InChI=1S/C17H36/c1-14(2)15(3)12-10-9-11-13-17(7,8)16(4,5)6/h14-15H,9-13H2,1-8H3. The van der Waals surface area contributed by atoms with Gasteiger partial charge in [0.05, 0.1) is 0 Å². The maximum atomic E-state index is 2.42. The number of hydrogen-bond donors (Lipinski definition) is 0. The summed E-state index contributed by atoms with van der Waals surface area (Å²) in [6.45, 7) is 19.0. The summed E-state index contributed by atoms with van der Waals surface area (Å²) in [4.78, 5) is 0. The minimum Gasteiger partial charge on any atom is -0.0625 e. The van der Waals surface area contributed by atoms with Gasteiger partial charge in [-0.1, -0.05) is 81.1 Å². The van der Waals surface area contributed by atoms with Crippen LogP contribution in [0.5, 0.6) is 0 Å². The maximum absolute atomic E-state index is 2.42. The van der Waals surface area contributed by atoms with Crippen molar-refractivity contribution in [1.29, 1.82) is 0 Å². The predicted molar refractivity (Wildman–Crippen MR) is 80.3 cm³/mol. The third kappa shape index (κ3) is 6.48. The fourth-order valence-corrected chi connectivity index (χ4v) is 1.92. The first kappa shape index (κ1) is 17.0. The second kappa shape index (κ2) is 6.81. The third-order valence-corrected chi connectivity index (χ3v) is 5.13. The highest BCUT2D eigenvalue weighted by Crippen LogP contribution is 2.41. The molecule has 0 heteroatoms. The van der Waals surface area contributed by atoms with E-state index in [2.05, 4.69) is 55.4 Å². The molecule has 104 valence electrons. The van der Waals surface area contributed by atoms with E-state index in [1.54, 1.807) is 0 Å². The molecule has 0 saturated carbocycles. The van der Waals surface area contributed by atoms with Crippen LogP contribution >= 0.6 is 0 Å². The zero-order valence-corrected chi connectivity index (χ0v) is 13.7. The van der Waals surface area contributed by atoms with Gasteiger partial charge in [-0.2, -0.15) is 0 Å². The average molecular weight is 240 g/mol. The molecule has 0 aliphatic rings. The van der Waals surface area contributed by atoms with Gasteiger partial charge in [-0.05, 0) is 29.1 Å². The zero-order valence-electron chi connectivity index (χ0n) is 13.7. The summed E-state index contributed by atoms with van der Waals surface area (Å²) >= 11 is 0. The van der Waals surface area contributed by atoms with E-state index in [-0.39, 0.29) is 0 Å². The third-order valence-electron chi connectivity index (χ3n) is 5.13. The molecule has 0 fully saturated rings. The summed E-state index contributed by atoms with van der Waals surface area (Å²) in [6.07, 6.45) is 7.01. The molecular weight excluding hydrogens is 204 g/mol. The van der Waals surface area contributed by atoms with Crippen molar-refractivity contribution in [3.05, 3.63) is 0 Å². The minimum absolute atomic E-state index is 0.429. The molecule has 0 saturated heterocycles. The molecule has 0 spiro atoms. The van der Waals surface area contributed by atoms with Crippen molar-refractivity contribution in [2.75, 3.05) is 0 Å². The summed E-state index contributed by atoms with van der Waals surface area (Å²) in [5, 5.41) is 0. The molecule has 0 heterocycles. The molecule has 0 bridgehead atoms. The molecule has 0 aliphatic heterocycles. The molecule has 0 aromatic carbocycles. The molecule has 0 amide bonds. The van der Waals surface area contributed by atoms with Gasteiger partial charge in [-0.3, -0.25) is 0 Å². The zero-order chi connectivity index (χ0) is 13.7. The number of rotatable bonds is 7. The Kier molecular flexibility index (Phi) is 6.81. The van der Waals surface area contributed by atoms with Gasteiger partial charge in [0.2, 0.25) is 0 Å². The molecule has 0 aromatic heterocycles. The molecule has 0 N–H and O–H groups in total. The Morgan fingerprint density at radius 3 is 1.71 bits per heavy atom.